The first-order chi connectivity index (χ1) is 14.3. The predicted molar refractivity (Wildman–Crippen MR) is 117 cm³/mol. The van der Waals surface area contributed by atoms with Crippen molar-refractivity contribution in [1.82, 2.24) is 0 Å². The minimum Gasteiger partial charge on any atom is -0.496 e. The number of aliphatic carboxylic acids is 1. The number of rotatable bonds is 4. The highest BCUT2D eigenvalue weighted by Crippen LogP contribution is 2.67. The summed E-state index contributed by atoms with van der Waals surface area (Å²) in [6.07, 6.45) is 5.34. The fourth-order valence-corrected chi connectivity index (χ4v) is 9.70. The number of sulfone groups is 1. The SMILES string of the molecule is COc1cc(OCC(=O)O)cc2c1C1(C)CCC3C(C)(C)CCCC3(C)C1CS2(=O)=O. The van der Waals surface area contributed by atoms with Gasteiger partial charge in [0.2, 0.25) is 0 Å². The number of hydrogen-bond acceptors (Lipinski definition) is 5. The lowest BCUT2D eigenvalue weighted by Crippen LogP contribution is -2.59. The zero-order valence-corrected chi connectivity index (χ0v) is 20.0. The van der Waals surface area contributed by atoms with Crippen LogP contribution < -0.4 is 9.47 Å². The van der Waals surface area contributed by atoms with Gasteiger partial charge in [0.15, 0.2) is 16.4 Å². The van der Waals surface area contributed by atoms with Gasteiger partial charge in [0.25, 0.3) is 0 Å². The summed E-state index contributed by atoms with van der Waals surface area (Å²) in [6, 6.07) is 3.14. The van der Waals surface area contributed by atoms with Crippen molar-refractivity contribution in [2.24, 2.45) is 22.7 Å². The molecule has 4 rings (SSSR count). The number of carbonyl (C=O) groups is 1. The Kier molecular flexibility index (Phi) is 5.15. The van der Waals surface area contributed by atoms with Crippen LogP contribution in [-0.4, -0.2) is 39.0 Å². The van der Waals surface area contributed by atoms with Crippen LogP contribution in [0.25, 0.3) is 0 Å². The molecular weight excluding hydrogens is 416 g/mol. The Labute approximate surface area is 185 Å². The van der Waals surface area contributed by atoms with E-state index in [-0.39, 0.29) is 38.6 Å². The summed E-state index contributed by atoms with van der Waals surface area (Å²) in [7, 11) is -2.04. The number of carboxylic acid groups (broad SMARTS) is 1. The van der Waals surface area contributed by atoms with Gasteiger partial charge >= 0.3 is 5.97 Å². The first-order valence-electron chi connectivity index (χ1n) is 11.1. The number of carboxylic acids is 1. The van der Waals surface area contributed by atoms with E-state index in [0.717, 1.165) is 31.2 Å². The maximum atomic E-state index is 13.6. The third-order valence-electron chi connectivity index (χ3n) is 8.71. The molecular formula is C24H34O6S. The first kappa shape index (κ1) is 22.4. The minimum absolute atomic E-state index is 0.00973. The Balaban J connectivity index is 1.88. The summed E-state index contributed by atoms with van der Waals surface area (Å²) in [5.74, 6) is 0.194. The van der Waals surface area contributed by atoms with Crippen LogP contribution >= 0.6 is 0 Å². The van der Waals surface area contributed by atoms with E-state index in [9.17, 15) is 13.2 Å². The summed E-state index contributed by atoms with van der Waals surface area (Å²) in [5, 5.41) is 8.94. The van der Waals surface area contributed by atoms with Gasteiger partial charge in [0.1, 0.15) is 11.5 Å². The molecule has 0 spiro atoms. The Morgan fingerprint density at radius 3 is 2.48 bits per heavy atom. The van der Waals surface area contributed by atoms with Crippen LogP contribution in [0.5, 0.6) is 11.5 Å². The monoisotopic (exact) mass is 450 g/mol. The molecule has 1 N–H and O–H groups in total. The van der Waals surface area contributed by atoms with Gasteiger partial charge < -0.3 is 14.6 Å². The number of fused-ring (bicyclic) bond motifs is 5. The molecule has 7 heteroatoms. The molecule has 0 bridgehead atoms. The Morgan fingerprint density at radius 2 is 1.84 bits per heavy atom. The van der Waals surface area contributed by atoms with Crippen LogP contribution in [0.3, 0.4) is 0 Å². The lowest BCUT2D eigenvalue weighted by molar-refractivity contribution is -0.139. The van der Waals surface area contributed by atoms with Crippen molar-refractivity contribution in [3.63, 3.8) is 0 Å². The predicted octanol–water partition coefficient (Wildman–Crippen LogP) is 4.45. The highest BCUT2D eigenvalue weighted by atomic mass is 32.2. The standard InChI is InChI=1S/C24H34O6S/c1-22(2)8-6-9-23(3)18(22)7-10-24(4)19(23)14-31(27,28)17-12-15(30-13-20(25)26)11-16(29-5)21(17)24/h11-12,18-19H,6-10,13-14H2,1-5H3,(H,25,26). The van der Waals surface area contributed by atoms with E-state index >= 15 is 0 Å². The Bertz CT molecular complexity index is 1010. The zero-order chi connectivity index (χ0) is 22.8. The van der Waals surface area contributed by atoms with Gasteiger partial charge in [-0.1, -0.05) is 34.1 Å². The van der Waals surface area contributed by atoms with Crippen LogP contribution in [0.2, 0.25) is 0 Å². The first-order valence-corrected chi connectivity index (χ1v) is 12.8. The number of hydrogen-bond donors (Lipinski definition) is 1. The molecule has 31 heavy (non-hydrogen) atoms. The molecule has 2 fully saturated rings. The Hall–Kier alpha value is -1.76. The van der Waals surface area contributed by atoms with Gasteiger partial charge in [-0.25, -0.2) is 13.2 Å². The second kappa shape index (κ2) is 7.12. The molecule has 4 unspecified atom stereocenters. The fourth-order valence-electron chi connectivity index (χ4n) is 7.40. The molecule has 172 valence electrons. The smallest absolute Gasteiger partial charge is 0.341 e. The van der Waals surface area contributed by atoms with Gasteiger partial charge in [-0.2, -0.15) is 0 Å². The topological polar surface area (TPSA) is 89.9 Å². The Morgan fingerprint density at radius 1 is 1.13 bits per heavy atom. The van der Waals surface area contributed by atoms with Gasteiger partial charge in [0, 0.05) is 17.0 Å². The zero-order valence-electron chi connectivity index (χ0n) is 19.2. The van der Waals surface area contributed by atoms with Crippen molar-refractivity contribution in [1.29, 1.82) is 0 Å². The molecule has 1 aromatic carbocycles. The van der Waals surface area contributed by atoms with Gasteiger partial charge in [-0.3, -0.25) is 0 Å². The summed E-state index contributed by atoms with van der Waals surface area (Å²) in [5.41, 5.74) is 0.577. The summed E-state index contributed by atoms with van der Waals surface area (Å²) in [6.45, 7) is 8.68. The van der Waals surface area contributed by atoms with Gasteiger partial charge in [-0.05, 0) is 54.4 Å². The molecule has 1 aliphatic heterocycles. The number of benzene rings is 1. The van der Waals surface area contributed by atoms with Crippen molar-refractivity contribution in [2.45, 2.75) is 70.1 Å². The minimum atomic E-state index is -3.58. The molecule has 2 aliphatic carbocycles. The largest absolute Gasteiger partial charge is 0.496 e. The quantitative estimate of drug-likeness (QED) is 0.729. The fraction of sp³-hybridized carbons (Fsp3) is 0.708. The molecule has 3 aliphatic rings. The lowest BCUT2D eigenvalue weighted by Gasteiger charge is -2.63. The van der Waals surface area contributed by atoms with Crippen LogP contribution in [-0.2, 0) is 20.0 Å². The van der Waals surface area contributed by atoms with E-state index < -0.39 is 22.4 Å². The third-order valence-corrected chi connectivity index (χ3v) is 10.5. The average Bonchev–Trinajstić information content (AvgIpc) is 2.67. The van der Waals surface area contributed by atoms with E-state index in [1.807, 2.05) is 0 Å². The molecule has 0 radical (unpaired) electrons. The number of methoxy groups -OCH3 is 1. The van der Waals surface area contributed by atoms with Gasteiger partial charge in [0.05, 0.1) is 17.8 Å². The van der Waals surface area contributed by atoms with Gasteiger partial charge in [-0.15, -0.1) is 0 Å². The lowest BCUT2D eigenvalue weighted by atomic mass is 9.43. The van der Waals surface area contributed by atoms with Crippen molar-refractivity contribution in [3.05, 3.63) is 17.7 Å². The van der Waals surface area contributed by atoms with Crippen LogP contribution in [0.4, 0.5) is 0 Å². The van der Waals surface area contributed by atoms with E-state index in [1.165, 1.54) is 19.6 Å². The summed E-state index contributed by atoms with van der Waals surface area (Å²) >= 11 is 0. The third kappa shape index (κ3) is 3.35. The summed E-state index contributed by atoms with van der Waals surface area (Å²) in [4.78, 5) is 11.2. The van der Waals surface area contributed by atoms with E-state index in [1.54, 1.807) is 6.07 Å². The van der Waals surface area contributed by atoms with Crippen LogP contribution in [0, 0.1) is 22.7 Å². The van der Waals surface area contributed by atoms with Crippen LogP contribution in [0.15, 0.2) is 17.0 Å². The van der Waals surface area contributed by atoms with E-state index in [2.05, 4.69) is 27.7 Å². The second-order valence-electron chi connectivity index (χ2n) is 10.9. The molecule has 4 atom stereocenters. The second-order valence-corrected chi connectivity index (χ2v) is 12.9. The number of ether oxygens (including phenoxy) is 2. The van der Waals surface area contributed by atoms with Crippen molar-refractivity contribution < 1.29 is 27.8 Å². The average molecular weight is 451 g/mol. The molecule has 1 aromatic rings. The molecule has 1 heterocycles. The highest BCUT2D eigenvalue weighted by Gasteiger charge is 2.62. The molecule has 0 amide bonds. The molecule has 0 saturated heterocycles. The maximum absolute atomic E-state index is 13.6. The normalized spacial score (nSPS) is 35.3. The van der Waals surface area contributed by atoms with Crippen LogP contribution in [0.1, 0.15) is 65.4 Å². The van der Waals surface area contributed by atoms with Crippen molar-refractivity contribution in [3.8, 4) is 11.5 Å². The molecule has 0 aromatic heterocycles. The molecule has 6 nitrogen and oxygen atoms in total. The van der Waals surface area contributed by atoms with Crippen molar-refractivity contribution >= 4 is 15.8 Å². The van der Waals surface area contributed by atoms with E-state index in [4.69, 9.17) is 14.6 Å². The molecule has 2 saturated carbocycles. The van der Waals surface area contributed by atoms with Crippen molar-refractivity contribution in [2.75, 3.05) is 19.5 Å². The maximum Gasteiger partial charge on any atom is 0.341 e. The summed E-state index contributed by atoms with van der Waals surface area (Å²) < 4.78 is 38.2. The highest BCUT2D eigenvalue weighted by molar-refractivity contribution is 7.91. The van der Waals surface area contributed by atoms with E-state index in [0.29, 0.717) is 11.7 Å².